The van der Waals surface area contributed by atoms with Gasteiger partial charge < -0.3 is 10.1 Å². The van der Waals surface area contributed by atoms with Crippen LogP contribution in [-0.4, -0.2) is 28.5 Å². The van der Waals surface area contributed by atoms with Gasteiger partial charge in [0.05, 0.1) is 23.3 Å². The Kier molecular flexibility index (Phi) is 6.02. The van der Waals surface area contributed by atoms with Crippen LogP contribution < -0.4 is 14.4 Å². The van der Waals surface area contributed by atoms with Crippen LogP contribution in [0.4, 0.5) is 20.2 Å². The number of hydrogen-bond acceptors (Lipinski definition) is 4. The summed E-state index contributed by atoms with van der Waals surface area (Å²) in [6.07, 6.45) is 0. The second-order valence-electron chi connectivity index (χ2n) is 6.25. The highest BCUT2D eigenvalue weighted by molar-refractivity contribution is 7.92. The topological polar surface area (TPSA) is 75.7 Å². The molecule has 6 nitrogen and oxygen atoms in total. The van der Waals surface area contributed by atoms with Crippen molar-refractivity contribution in [2.24, 2.45) is 0 Å². The molecule has 0 aliphatic rings. The molecule has 9 heteroatoms. The van der Waals surface area contributed by atoms with Gasteiger partial charge in [-0.2, -0.15) is 0 Å². The van der Waals surface area contributed by atoms with E-state index in [1.165, 1.54) is 26.3 Å². The molecular weight excluding hydrogens is 414 g/mol. The lowest BCUT2D eigenvalue weighted by Gasteiger charge is -2.22. The second-order valence-corrected chi connectivity index (χ2v) is 8.22. The first-order chi connectivity index (χ1) is 14.2. The number of ether oxygens (including phenoxy) is 1. The van der Waals surface area contributed by atoms with Crippen molar-refractivity contribution in [1.82, 2.24) is 0 Å². The van der Waals surface area contributed by atoms with E-state index in [9.17, 15) is 22.0 Å². The number of benzene rings is 3. The lowest BCUT2D eigenvalue weighted by molar-refractivity contribution is 0.102. The minimum absolute atomic E-state index is 0.0771. The van der Waals surface area contributed by atoms with E-state index >= 15 is 0 Å². The number of rotatable bonds is 6. The number of carbonyl (C=O) groups excluding carboxylic acids is 1. The minimum atomic E-state index is -4.24. The third kappa shape index (κ3) is 4.25. The van der Waals surface area contributed by atoms with Crippen molar-refractivity contribution in [3.05, 3.63) is 83.9 Å². The fourth-order valence-corrected chi connectivity index (χ4v) is 3.96. The van der Waals surface area contributed by atoms with Gasteiger partial charge in [-0.25, -0.2) is 17.2 Å². The number of nitrogens with zero attached hydrogens (tertiary/aromatic N) is 1. The van der Waals surface area contributed by atoms with E-state index in [-0.39, 0.29) is 11.3 Å². The average Bonchev–Trinajstić information content (AvgIpc) is 2.75. The smallest absolute Gasteiger partial charge is 0.264 e. The van der Waals surface area contributed by atoms with Gasteiger partial charge in [-0.1, -0.05) is 12.1 Å². The van der Waals surface area contributed by atoms with Gasteiger partial charge in [-0.15, -0.1) is 0 Å². The van der Waals surface area contributed by atoms with Crippen LogP contribution in [0.2, 0.25) is 0 Å². The van der Waals surface area contributed by atoms with E-state index in [0.717, 1.165) is 16.4 Å². The molecule has 3 aromatic carbocycles. The molecule has 0 spiro atoms. The zero-order chi connectivity index (χ0) is 21.9. The number of para-hydroxylation sites is 1. The Bertz CT molecular complexity index is 1180. The Morgan fingerprint density at radius 2 is 1.63 bits per heavy atom. The number of nitrogens with one attached hydrogen (secondary N) is 1. The van der Waals surface area contributed by atoms with Crippen molar-refractivity contribution in [1.29, 1.82) is 0 Å². The molecule has 0 radical (unpaired) electrons. The third-order valence-electron chi connectivity index (χ3n) is 4.39. The Labute approximate surface area is 172 Å². The van der Waals surface area contributed by atoms with E-state index in [0.29, 0.717) is 17.5 Å². The fraction of sp³-hybridized carbons (Fsp3) is 0.0952. The molecule has 3 rings (SSSR count). The lowest BCUT2D eigenvalue weighted by Crippen LogP contribution is -2.29. The molecule has 0 bridgehead atoms. The summed E-state index contributed by atoms with van der Waals surface area (Å²) in [5.41, 5.74) is 0.650. The normalized spacial score (nSPS) is 11.1. The van der Waals surface area contributed by atoms with Crippen molar-refractivity contribution < 1.29 is 26.7 Å². The Hall–Kier alpha value is -3.46. The first-order valence-electron chi connectivity index (χ1n) is 8.72. The van der Waals surface area contributed by atoms with Gasteiger partial charge in [-0.3, -0.25) is 9.10 Å². The van der Waals surface area contributed by atoms with Crippen LogP contribution in [-0.2, 0) is 10.0 Å². The van der Waals surface area contributed by atoms with E-state index in [1.54, 1.807) is 36.4 Å². The van der Waals surface area contributed by atoms with Crippen molar-refractivity contribution >= 4 is 27.3 Å². The molecule has 0 aliphatic heterocycles. The predicted octanol–water partition coefficient (Wildman–Crippen LogP) is 4.05. The Morgan fingerprint density at radius 1 is 0.967 bits per heavy atom. The number of carbonyl (C=O) groups is 1. The first kappa shape index (κ1) is 21.3. The highest BCUT2D eigenvalue weighted by atomic mass is 32.2. The molecule has 0 aliphatic carbocycles. The molecule has 0 fully saturated rings. The maximum Gasteiger partial charge on any atom is 0.264 e. The third-order valence-corrected chi connectivity index (χ3v) is 6.15. The molecule has 0 saturated carbocycles. The van der Waals surface area contributed by atoms with Gasteiger partial charge in [0.1, 0.15) is 5.75 Å². The average molecular weight is 432 g/mol. The fourth-order valence-electron chi connectivity index (χ4n) is 2.74. The number of sulfonamides is 1. The number of anilines is 2. The van der Waals surface area contributed by atoms with E-state index in [1.807, 2.05) is 0 Å². The molecule has 0 atom stereocenters. The molecule has 0 heterocycles. The lowest BCUT2D eigenvalue weighted by atomic mass is 10.1. The van der Waals surface area contributed by atoms with Crippen molar-refractivity contribution in [3.8, 4) is 5.75 Å². The number of hydrogen-bond donors (Lipinski definition) is 1. The minimum Gasteiger partial charge on any atom is -0.497 e. The Balaban J connectivity index is 1.93. The molecule has 0 aromatic heterocycles. The summed E-state index contributed by atoms with van der Waals surface area (Å²) in [7, 11) is -1.49. The van der Waals surface area contributed by atoms with E-state index in [2.05, 4.69) is 5.32 Å². The maximum absolute atomic E-state index is 13.5. The summed E-state index contributed by atoms with van der Waals surface area (Å²) in [6, 6.07) is 15.0. The van der Waals surface area contributed by atoms with Crippen LogP contribution in [0.1, 0.15) is 10.4 Å². The van der Waals surface area contributed by atoms with Crippen LogP contribution >= 0.6 is 0 Å². The summed E-state index contributed by atoms with van der Waals surface area (Å²) >= 11 is 0. The summed E-state index contributed by atoms with van der Waals surface area (Å²) in [6.45, 7) is 0. The molecule has 3 aromatic rings. The number of methoxy groups -OCH3 is 1. The van der Waals surface area contributed by atoms with Crippen molar-refractivity contribution in [2.75, 3.05) is 23.8 Å². The van der Waals surface area contributed by atoms with E-state index in [4.69, 9.17) is 4.74 Å². The van der Waals surface area contributed by atoms with Crippen LogP contribution in [0.25, 0.3) is 0 Å². The van der Waals surface area contributed by atoms with Gasteiger partial charge in [0.2, 0.25) is 0 Å². The Morgan fingerprint density at radius 3 is 2.27 bits per heavy atom. The van der Waals surface area contributed by atoms with Gasteiger partial charge >= 0.3 is 0 Å². The van der Waals surface area contributed by atoms with E-state index < -0.39 is 32.5 Å². The molecule has 0 saturated heterocycles. The summed E-state index contributed by atoms with van der Waals surface area (Å²) in [5, 5.41) is 2.69. The van der Waals surface area contributed by atoms with Crippen LogP contribution in [0, 0.1) is 11.6 Å². The molecule has 156 valence electrons. The zero-order valence-corrected chi connectivity index (χ0v) is 16.9. The largest absolute Gasteiger partial charge is 0.497 e. The SMILES string of the molecule is COc1ccc(NC(=O)c2ccccc2N(C)S(=O)(=O)c2ccc(F)c(F)c2)cc1. The molecule has 1 amide bonds. The maximum atomic E-state index is 13.5. The van der Waals surface area contributed by atoms with Gasteiger partial charge in [0, 0.05) is 12.7 Å². The molecular formula is C21H18F2N2O4S. The van der Waals surface area contributed by atoms with Crippen LogP contribution in [0.3, 0.4) is 0 Å². The second kappa shape index (κ2) is 8.50. The quantitative estimate of drug-likeness (QED) is 0.638. The number of amides is 1. The summed E-state index contributed by atoms with van der Waals surface area (Å²) < 4.78 is 58.4. The van der Waals surface area contributed by atoms with Gasteiger partial charge in [-0.05, 0) is 54.6 Å². The highest BCUT2D eigenvalue weighted by Gasteiger charge is 2.26. The van der Waals surface area contributed by atoms with Gasteiger partial charge in [0.25, 0.3) is 15.9 Å². The predicted molar refractivity (Wildman–Crippen MR) is 109 cm³/mol. The van der Waals surface area contributed by atoms with Crippen LogP contribution in [0.5, 0.6) is 5.75 Å². The van der Waals surface area contributed by atoms with Gasteiger partial charge in [0.15, 0.2) is 11.6 Å². The molecule has 0 unspecified atom stereocenters. The standard InChI is InChI=1S/C21H18F2N2O4S/c1-25(30(27,28)16-11-12-18(22)19(23)13-16)20-6-4-3-5-17(20)21(26)24-14-7-9-15(29-2)10-8-14/h3-13H,1-2H3,(H,24,26). The van der Waals surface area contributed by atoms with Crippen molar-refractivity contribution in [2.45, 2.75) is 4.90 Å². The molecule has 1 N–H and O–H groups in total. The number of halogens is 2. The van der Waals surface area contributed by atoms with Crippen molar-refractivity contribution in [3.63, 3.8) is 0 Å². The van der Waals surface area contributed by atoms with Crippen LogP contribution in [0.15, 0.2) is 71.6 Å². The molecule has 30 heavy (non-hydrogen) atoms. The monoisotopic (exact) mass is 432 g/mol. The highest BCUT2D eigenvalue weighted by Crippen LogP contribution is 2.27. The summed E-state index contributed by atoms with van der Waals surface area (Å²) in [5.74, 6) is -2.36. The first-order valence-corrected chi connectivity index (χ1v) is 10.2. The summed E-state index contributed by atoms with van der Waals surface area (Å²) in [4.78, 5) is 12.3. The zero-order valence-electron chi connectivity index (χ0n) is 16.1.